The summed E-state index contributed by atoms with van der Waals surface area (Å²) in [5.74, 6) is 2.70. The number of aromatic nitrogens is 3. The predicted octanol–water partition coefficient (Wildman–Crippen LogP) is 3.65. The zero-order chi connectivity index (χ0) is 15.6. The summed E-state index contributed by atoms with van der Waals surface area (Å²) in [7, 11) is 0. The second kappa shape index (κ2) is 6.47. The third kappa shape index (κ3) is 3.85. The fraction of sp³-hybridized carbons (Fsp3) is 0.882. The monoisotopic (exact) mass is 292 g/mol. The first-order chi connectivity index (χ1) is 9.82. The van der Waals surface area contributed by atoms with Crippen molar-refractivity contribution in [2.24, 2.45) is 11.3 Å². The molecule has 4 heteroatoms. The van der Waals surface area contributed by atoms with Gasteiger partial charge in [0.05, 0.1) is 6.04 Å². The third-order valence-electron chi connectivity index (χ3n) is 4.92. The molecule has 0 bridgehead atoms. The lowest BCUT2D eigenvalue weighted by atomic mass is 9.69. The van der Waals surface area contributed by atoms with E-state index in [1.54, 1.807) is 0 Å². The van der Waals surface area contributed by atoms with Crippen LogP contribution in [0.25, 0.3) is 0 Å². The van der Waals surface area contributed by atoms with Crippen LogP contribution < -0.4 is 5.32 Å². The van der Waals surface area contributed by atoms with E-state index in [9.17, 15) is 0 Å². The molecule has 21 heavy (non-hydrogen) atoms. The molecule has 1 fully saturated rings. The molecule has 3 atom stereocenters. The summed E-state index contributed by atoms with van der Waals surface area (Å²) in [5, 5.41) is 8.41. The number of aryl methyl sites for hydroxylation is 2. The number of nitrogens with one attached hydrogen (secondary N) is 1. The van der Waals surface area contributed by atoms with Gasteiger partial charge in [0.2, 0.25) is 0 Å². The average Bonchev–Trinajstić information content (AvgIpc) is 2.74. The maximum Gasteiger partial charge on any atom is 0.147 e. The van der Waals surface area contributed by atoms with Crippen LogP contribution >= 0.6 is 0 Å². The van der Waals surface area contributed by atoms with Gasteiger partial charge < -0.3 is 5.32 Å². The van der Waals surface area contributed by atoms with Gasteiger partial charge in [0.25, 0.3) is 0 Å². The van der Waals surface area contributed by atoms with Crippen molar-refractivity contribution in [3.8, 4) is 0 Å². The highest BCUT2D eigenvalue weighted by atomic mass is 15.4. The molecule has 4 nitrogen and oxygen atoms in total. The molecule has 1 aliphatic rings. The van der Waals surface area contributed by atoms with Gasteiger partial charge in [0, 0.05) is 6.04 Å². The molecular weight excluding hydrogens is 260 g/mol. The fourth-order valence-electron chi connectivity index (χ4n) is 3.62. The van der Waals surface area contributed by atoms with Crippen LogP contribution in [0.15, 0.2) is 0 Å². The van der Waals surface area contributed by atoms with Crippen LogP contribution in [0.1, 0.15) is 71.1 Å². The molecule has 120 valence electrons. The highest BCUT2D eigenvalue weighted by Crippen LogP contribution is 2.42. The van der Waals surface area contributed by atoms with E-state index in [1.165, 1.54) is 25.7 Å². The number of nitrogens with zero attached hydrogens (tertiary/aromatic N) is 3. The zero-order valence-electron chi connectivity index (χ0n) is 14.6. The summed E-state index contributed by atoms with van der Waals surface area (Å²) >= 11 is 0. The Balaban J connectivity index is 2.22. The minimum absolute atomic E-state index is 0.373. The van der Waals surface area contributed by atoms with Gasteiger partial charge in [-0.1, -0.05) is 27.7 Å². The van der Waals surface area contributed by atoms with E-state index in [4.69, 9.17) is 0 Å². The van der Waals surface area contributed by atoms with Gasteiger partial charge in [0.15, 0.2) is 0 Å². The summed E-state index contributed by atoms with van der Waals surface area (Å²) in [6.07, 6.45) is 4.94. The van der Waals surface area contributed by atoms with Crippen LogP contribution in [0.3, 0.4) is 0 Å². The molecule has 3 unspecified atom stereocenters. The first kappa shape index (κ1) is 16.5. The highest BCUT2D eigenvalue weighted by Gasteiger charge is 2.37. The first-order valence-electron chi connectivity index (χ1n) is 8.46. The van der Waals surface area contributed by atoms with Crippen LogP contribution in [0, 0.1) is 25.2 Å². The Morgan fingerprint density at radius 1 is 1.24 bits per heavy atom. The largest absolute Gasteiger partial charge is 0.312 e. The average molecular weight is 292 g/mol. The highest BCUT2D eigenvalue weighted by molar-refractivity contribution is 4.97. The van der Waals surface area contributed by atoms with Crippen molar-refractivity contribution in [1.29, 1.82) is 0 Å². The van der Waals surface area contributed by atoms with Gasteiger partial charge in [-0.25, -0.2) is 9.67 Å². The van der Waals surface area contributed by atoms with Crippen LogP contribution in [0.2, 0.25) is 0 Å². The Hall–Kier alpha value is -0.900. The Morgan fingerprint density at radius 3 is 2.48 bits per heavy atom. The smallest absolute Gasteiger partial charge is 0.147 e. The lowest BCUT2D eigenvalue weighted by Crippen LogP contribution is -2.44. The van der Waals surface area contributed by atoms with Crippen molar-refractivity contribution >= 4 is 0 Å². The topological polar surface area (TPSA) is 42.7 Å². The lowest BCUT2D eigenvalue weighted by molar-refractivity contribution is 0.111. The fourth-order valence-corrected chi connectivity index (χ4v) is 3.62. The van der Waals surface area contributed by atoms with Gasteiger partial charge in [-0.05, 0) is 57.4 Å². The van der Waals surface area contributed by atoms with E-state index in [0.29, 0.717) is 17.5 Å². The Morgan fingerprint density at radius 2 is 1.95 bits per heavy atom. The Bertz CT molecular complexity index is 458. The van der Waals surface area contributed by atoms with Crippen molar-refractivity contribution < 1.29 is 0 Å². The van der Waals surface area contributed by atoms with Gasteiger partial charge >= 0.3 is 0 Å². The summed E-state index contributed by atoms with van der Waals surface area (Å²) in [6, 6.07) is 0.971. The molecule has 1 saturated carbocycles. The van der Waals surface area contributed by atoms with E-state index < -0.39 is 0 Å². The SMILES string of the molecule is CCCNC1CCC(C(C)(C)C)CC1n1nc(C)nc1C. The molecule has 1 N–H and O–H groups in total. The van der Waals surface area contributed by atoms with Crippen molar-refractivity contribution in [3.05, 3.63) is 11.6 Å². The van der Waals surface area contributed by atoms with E-state index in [2.05, 4.69) is 54.7 Å². The second-order valence-electron chi connectivity index (χ2n) is 7.65. The predicted molar refractivity (Wildman–Crippen MR) is 87.4 cm³/mol. The maximum absolute atomic E-state index is 4.67. The molecule has 0 amide bonds. The maximum atomic E-state index is 4.67. The molecule has 0 saturated heterocycles. The summed E-state index contributed by atoms with van der Waals surface area (Å²) in [6.45, 7) is 14.5. The van der Waals surface area contributed by atoms with Gasteiger partial charge in [-0.2, -0.15) is 5.10 Å². The number of hydrogen-bond donors (Lipinski definition) is 1. The van der Waals surface area contributed by atoms with E-state index in [0.717, 1.165) is 24.1 Å². The zero-order valence-corrected chi connectivity index (χ0v) is 14.6. The minimum Gasteiger partial charge on any atom is -0.312 e. The van der Waals surface area contributed by atoms with Crippen LogP contribution in [-0.2, 0) is 0 Å². The first-order valence-corrected chi connectivity index (χ1v) is 8.46. The standard InChI is InChI=1S/C17H32N4/c1-7-10-18-15-9-8-14(17(4,5)6)11-16(15)21-13(3)19-12(2)20-21/h14-16,18H,7-11H2,1-6H3. The third-order valence-corrected chi connectivity index (χ3v) is 4.92. The second-order valence-corrected chi connectivity index (χ2v) is 7.65. The number of hydrogen-bond acceptors (Lipinski definition) is 3. The molecule has 1 aliphatic carbocycles. The molecule has 0 spiro atoms. The quantitative estimate of drug-likeness (QED) is 0.921. The van der Waals surface area contributed by atoms with Crippen molar-refractivity contribution in [3.63, 3.8) is 0 Å². The molecule has 1 aromatic heterocycles. The van der Waals surface area contributed by atoms with E-state index >= 15 is 0 Å². The summed E-state index contributed by atoms with van der Waals surface area (Å²) < 4.78 is 2.18. The van der Waals surface area contributed by atoms with Gasteiger partial charge in [-0.3, -0.25) is 0 Å². The molecule has 2 rings (SSSR count). The summed E-state index contributed by atoms with van der Waals surface area (Å²) in [5.41, 5.74) is 0.373. The van der Waals surface area contributed by atoms with Crippen molar-refractivity contribution in [2.75, 3.05) is 6.54 Å². The van der Waals surface area contributed by atoms with Crippen molar-refractivity contribution in [1.82, 2.24) is 20.1 Å². The minimum atomic E-state index is 0.373. The van der Waals surface area contributed by atoms with Crippen molar-refractivity contribution in [2.45, 2.75) is 79.3 Å². The Labute approximate surface area is 129 Å². The van der Waals surface area contributed by atoms with E-state index in [-0.39, 0.29) is 0 Å². The van der Waals surface area contributed by atoms with Crippen LogP contribution in [-0.4, -0.2) is 27.4 Å². The van der Waals surface area contributed by atoms with Gasteiger partial charge in [0.1, 0.15) is 11.6 Å². The molecular formula is C17H32N4. The molecule has 0 radical (unpaired) electrons. The van der Waals surface area contributed by atoms with Crippen LogP contribution in [0.4, 0.5) is 0 Å². The van der Waals surface area contributed by atoms with E-state index in [1.807, 2.05) is 6.92 Å². The molecule has 1 heterocycles. The number of rotatable bonds is 4. The van der Waals surface area contributed by atoms with Gasteiger partial charge in [-0.15, -0.1) is 0 Å². The Kier molecular flexibility index (Phi) is 5.07. The normalized spacial score (nSPS) is 27.0. The molecule has 1 aromatic rings. The van der Waals surface area contributed by atoms with Crippen LogP contribution in [0.5, 0.6) is 0 Å². The molecule has 0 aromatic carbocycles. The lowest BCUT2D eigenvalue weighted by Gasteiger charge is -2.42. The molecule has 0 aliphatic heterocycles. The summed E-state index contributed by atoms with van der Waals surface area (Å²) in [4.78, 5) is 4.51.